The van der Waals surface area contributed by atoms with E-state index in [1.165, 1.54) is 0 Å². The number of anilines is 1. The molecule has 6 heteroatoms. The Bertz CT molecular complexity index is 519. The van der Waals surface area contributed by atoms with Gasteiger partial charge in [0.25, 0.3) is 0 Å². The van der Waals surface area contributed by atoms with Gasteiger partial charge in [-0.1, -0.05) is 32.4 Å². The second-order valence-corrected chi connectivity index (χ2v) is 6.09. The molecule has 0 saturated carbocycles. The Balaban J connectivity index is 2.15. The van der Waals surface area contributed by atoms with Crippen LogP contribution in [0.1, 0.15) is 32.3 Å². The summed E-state index contributed by atoms with van der Waals surface area (Å²) in [6.07, 6.45) is 0. The van der Waals surface area contributed by atoms with E-state index in [2.05, 4.69) is 41.0 Å². The van der Waals surface area contributed by atoms with E-state index in [9.17, 15) is 0 Å². The van der Waals surface area contributed by atoms with E-state index >= 15 is 0 Å². The highest BCUT2D eigenvalue weighted by Crippen LogP contribution is 2.22. The Hall–Kier alpha value is -1.20. The van der Waals surface area contributed by atoms with Gasteiger partial charge in [-0.2, -0.15) is 0 Å². The van der Waals surface area contributed by atoms with Gasteiger partial charge in [0.1, 0.15) is 16.8 Å². The fraction of sp³-hybridized carbons (Fsp3) is 0.417. The summed E-state index contributed by atoms with van der Waals surface area (Å²) < 4.78 is 0. The lowest BCUT2D eigenvalue weighted by molar-refractivity contribution is 0.546. The first-order chi connectivity index (χ1) is 8.45. The fourth-order valence-electron chi connectivity index (χ4n) is 1.35. The average Bonchev–Trinajstić information content (AvgIpc) is 2.77. The van der Waals surface area contributed by atoms with Gasteiger partial charge in [-0.25, -0.2) is 15.0 Å². The van der Waals surface area contributed by atoms with Gasteiger partial charge in [-0.3, -0.25) is 0 Å². The topological polar surface area (TPSA) is 50.7 Å². The maximum atomic E-state index is 6.01. The van der Waals surface area contributed by atoms with Crippen LogP contribution >= 0.6 is 22.9 Å². The third-order valence-corrected chi connectivity index (χ3v) is 3.13. The van der Waals surface area contributed by atoms with Crippen molar-refractivity contribution < 1.29 is 0 Å². The molecular formula is C12H15ClN4S. The lowest BCUT2D eigenvalue weighted by Crippen LogP contribution is -2.17. The number of hydrogen-bond acceptors (Lipinski definition) is 5. The van der Waals surface area contributed by atoms with Crippen molar-refractivity contribution in [2.24, 2.45) is 0 Å². The van der Waals surface area contributed by atoms with Crippen molar-refractivity contribution in [1.29, 1.82) is 0 Å². The summed E-state index contributed by atoms with van der Waals surface area (Å²) >= 11 is 7.59. The van der Waals surface area contributed by atoms with Crippen molar-refractivity contribution in [3.63, 3.8) is 0 Å². The second-order valence-electron chi connectivity index (χ2n) is 4.98. The van der Waals surface area contributed by atoms with E-state index in [4.69, 9.17) is 11.6 Å². The minimum absolute atomic E-state index is 0.123. The van der Waals surface area contributed by atoms with Crippen LogP contribution in [-0.4, -0.2) is 15.0 Å². The Morgan fingerprint density at radius 1 is 1.33 bits per heavy atom. The molecule has 0 aromatic carbocycles. The molecule has 1 N–H and O–H groups in total. The van der Waals surface area contributed by atoms with Gasteiger partial charge in [0.2, 0.25) is 0 Å². The van der Waals surface area contributed by atoms with Gasteiger partial charge in [0.05, 0.1) is 17.7 Å². The van der Waals surface area contributed by atoms with Crippen molar-refractivity contribution in [3.8, 4) is 0 Å². The third kappa shape index (κ3) is 3.40. The van der Waals surface area contributed by atoms with Crippen LogP contribution in [0, 0.1) is 0 Å². The molecule has 2 rings (SSSR count). The van der Waals surface area contributed by atoms with Crippen LogP contribution in [0.3, 0.4) is 0 Å². The highest BCUT2D eigenvalue weighted by Gasteiger charge is 2.18. The molecule has 2 aromatic rings. The molecule has 96 valence electrons. The Morgan fingerprint density at radius 3 is 2.72 bits per heavy atom. The molecule has 0 fully saturated rings. The van der Waals surface area contributed by atoms with Crippen LogP contribution in [-0.2, 0) is 12.0 Å². The summed E-state index contributed by atoms with van der Waals surface area (Å²) in [5.41, 5.74) is 2.68. The molecule has 0 unspecified atom stereocenters. The predicted octanol–water partition coefficient (Wildman–Crippen LogP) is 3.50. The molecular weight excluding hydrogens is 268 g/mol. The molecule has 2 aromatic heterocycles. The van der Waals surface area contributed by atoms with Crippen molar-refractivity contribution >= 4 is 28.8 Å². The SMILES string of the molecule is CC(C)(C)c1nc(Cl)cc(NCc2cscn2)n1. The molecule has 0 atom stereocenters. The molecule has 18 heavy (non-hydrogen) atoms. The highest BCUT2D eigenvalue weighted by atomic mass is 35.5. The summed E-state index contributed by atoms with van der Waals surface area (Å²) in [6, 6.07) is 1.73. The molecule has 2 heterocycles. The highest BCUT2D eigenvalue weighted by molar-refractivity contribution is 7.07. The molecule has 0 radical (unpaired) electrons. The van der Waals surface area contributed by atoms with E-state index in [-0.39, 0.29) is 5.41 Å². The first-order valence-electron chi connectivity index (χ1n) is 5.61. The van der Waals surface area contributed by atoms with Crippen molar-refractivity contribution in [3.05, 3.63) is 33.6 Å². The first kappa shape index (κ1) is 13.2. The predicted molar refractivity (Wildman–Crippen MR) is 75.2 cm³/mol. The number of hydrogen-bond donors (Lipinski definition) is 1. The summed E-state index contributed by atoms with van der Waals surface area (Å²) in [5.74, 6) is 1.46. The van der Waals surface area contributed by atoms with Gasteiger partial charge in [-0.15, -0.1) is 11.3 Å². The number of rotatable bonds is 3. The summed E-state index contributed by atoms with van der Waals surface area (Å²) in [6.45, 7) is 6.81. The van der Waals surface area contributed by atoms with Gasteiger partial charge in [0.15, 0.2) is 0 Å². The standard InChI is InChI=1S/C12H15ClN4S/c1-12(2,3)11-16-9(13)4-10(17-11)14-5-8-6-18-7-15-8/h4,6-7H,5H2,1-3H3,(H,14,16,17). The number of aromatic nitrogens is 3. The lowest BCUT2D eigenvalue weighted by atomic mass is 9.96. The monoisotopic (exact) mass is 282 g/mol. The average molecular weight is 283 g/mol. The smallest absolute Gasteiger partial charge is 0.137 e. The molecule has 0 saturated heterocycles. The summed E-state index contributed by atoms with van der Waals surface area (Å²) in [4.78, 5) is 12.9. The maximum absolute atomic E-state index is 6.01. The van der Waals surface area contributed by atoms with Crippen molar-refractivity contribution in [1.82, 2.24) is 15.0 Å². The van der Waals surface area contributed by atoms with Gasteiger partial charge < -0.3 is 5.32 Å². The minimum Gasteiger partial charge on any atom is -0.364 e. The maximum Gasteiger partial charge on any atom is 0.137 e. The number of nitrogens with one attached hydrogen (secondary N) is 1. The largest absolute Gasteiger partial charge is 0.364 e. The van der Waals surface area contributed by atoms with Crippen LogP contribution < -0.4 is 5.32 Å². The zero-order valence-electron chi connectivity index (χ0n) is 10.6. The van der Waals surface area contributed by atoms with E-state index in [0.717, 1.165) is 17.3 Å². The second kappa shape index (κ2) is 5.20. The normalized spacial score (nSPS) is 11.6. The van der Waals surface area contributed by atoms with Gasteiger partial charge in [0, 0.05) is 16.9 Å². The van der Waals surface area contributed by atoms with Gasteiger partial charge in [-0.05, 0) is 0 Å². The Labute approximate surface area is 115 Å². The van der Waals surface area contributed by atoms with Crippen molar-refractivity contribution in [2.75, 3.05) is 5.32 Å². The van der Waals surface area contributed by atoms with E-state index in [1.54, 1.807) is 17.4 Å². The molecule has 0 aliphatic heterocycles. The van der Waals surface area contributed by atoms with E-state index in [0.29, 0.717) is 11.7 Å². The lowest BCUT2D eigenvalue weighted by Gasteiger charge is -2.17. The molecule has 4 nitrogen and oxygen atoms in total. The van der Waals surface area contributed by atoms with Crippen molar-refractivity contribution in [2.45, 2.75) is 32.7 Å². The van der Waals surface area contributed by atoms with Crippen LogP contribution in [0.2, 0.25) is 5.15 Å². The zero-order chi connectivity index (χ0) is 13.2. The Morgan fingerprint density at radius 2 is 2.11 bits per heavy atom. The zero-order valence-corrected chi connectivity index (χ0v) is 12.1. The van der Waals surface area contributed by atoms with Crippen LogP contribution in [0.25, 0.3) is 0 Å². The van der Waals surface area contributed by atoms with Crippen LogP contribution in [0.5, 0.6) is 0 Å². The molecule has 0 spiro atoms. The summed E-state index contributed by atoms with van der Waals surface area (Å²) in [7, 11) is 0. The number of thiazole rings is 1. The van der Waals surface area contributed by atoms with E-state index < -0.39 is 0 Å². The quantitative estimate of drug-likeness (QED) is 0.876. The molecule has 0 aliphatic carbocycles. The van der Waals surface area contributed by atoms with Crippen LogP contribution in [0.15, 0.2) is 17.0 Å². The molecule has 0 aliphatic rings. The van der Waals surface area contributed by atoms with Crippen LogP contribution in [0.4, 0.5) is 5.82 Å². The Kier molecular flexibility index (Phi) is 3.82. The molecule has 0 amide bonds. The fourth-order valence-corrected chi connectivity index (χ4v) is 2.09. The minimum atomic E-state index is -0.123. The molecule has 0 bridgehead atoms. The third-order valence-electron chi connectivity index (χ3n) is 2.30. The van der Waals surface area contributed by atoms with Gasteiger partial charge >= 0.3 is 0 Å². The first-order valence-corrected chi connectivity index (χ1v) is 6.93. The number of halogens is 1. The van der Waals surface area contributed by atoms with E-state index in [1.807, 2.05) is 10.9 Å². The number of nitrogens with zero attached hydrogens (tertiary/aromatic N) is 3. The summed E-state index contributed by atoms with van der Waals surface area (Å²) in [5, 5.41) is 5.66.